The van der Waals surface area contributed by atoms with Gasteiger partial charge in [-0.3, -0.25) is 0 Å². The minimum absolute atomic E-state index is 0.293. The maximum Gasteiger partial charge on any atom is 0.338 e. The second-order valence-electron chi connectivity index (χ2n) is 6.25. The SMILES string of the molecule is CCCC[C@@H](COc1ccc(C(=O)OCC)cc1)Cc1ccccc1. The number of esters is 1. The maximum atomic E-state index is 11.7. The van der Waals surface area contributed by atoms with Crippen molar-refractivity contribution in [2.75, 3.05) is 13.2 Å². The van der Waals surface area contributed by atoms with Crippen LogP contribution in [0.3, 0.4) is 0 Å². The van der Waals surface area contributed by atoms with Crippen LogP contribution in [0.25, 0.3) is 0 Å². The second kappa shape index (κ2) is 10.5. The highest BCUT2D eigenvalue weighted by Crippen LogP contribution is 2.19. The van der Waals surface area contributed by atoms with Gasteiger partial charge < -0.3 is 9.47 Å². The molecule has 134 valence electrons. The summed E-state index contributed by atoms with van der Waals surface area (Å²) in [6.45, 7) is 5.09. The molecular formula is C22H28O3. The van der Waals surface area contributed by atoms with Gasteiger partial charge in [0.25, 0.3) is 0 Å². The number of hydrogen-bond donors (Lipinski definition) is 0. The van der Waals surface area contributed by atoms with Crippen molar-refractivity contribution in [2.45, 2.75) is 39.5 Å². The van der Waals surface area contributed by atoms with Gasteiger partial charge >= 0.3 is 5.97 Å². The molecule has 0 heterocycles. The Hall–Kier alpha value is -2.29. The van der Waals surface area contributed by atoms with Crippen molar-refractivity contribution in [1.82, 2.24) is 0 Å². The lowest BCUT2D eigenvalue weighted by molar-refractivity contribution is 0.0526. The fourth-order valence-electron chi connectivity index (χ4n) is 2.80. The van der Waals surface area contributed by atoms with Crippen LogP contribution in [0.4, 0.5) is 0 Å². The van der Waals surface area contributed by atoms with Crippen LogP contribution in [0.15, 0.2) is 54.6 Å². The van der Waals surface area contributed by atoms with Gasteiger partial charge in [0.2, 0.25) is 0 Å². The number of carbonyl (C=O) groups excluding carboxylic acids is 1. The molecule has 0 aliphatic heterocycles. The Morgan fingerprint density at radius 1 is 1.00 bits per heavy atom. The first kappa shape index (κ1) is 19.0. The average Bonchev–Trinajstić information content (AvgIpc) is 2.65. The first-order valence-corrected chi connectivity index (χ1v) is 9.16. The smallest absolute Gasteiger partial charge is 0.338 e. The molecule has 0 aromatic heterocycles. The Morgan fingerprint density at radius 2 is 1.72 bits per heavy atom. The molecule has 2 aromatic rings. The number of rotatable bonds is 10. The van der Waals surface area contributed by atoms with Gasteiger partial charge in [-0.05, 0) is 55.5 Å². The first-order chi connectivity index (χ1) is 12.2. The van der Waals surface area contributed by atoms with Crippen LogP contribution in [0.2, 0.25) is 0 Å². The number of unbranched alkanes of at least 4 members (excludes halogenated alkanes) is 1. The molecule has 0 bridgehead atoms. The Balaban J connectivity index is 1.91. The highest BCUT2D eigenvalue weighted by molar-refractivity contribution is 5.89. The summed E-state index contributed by atoms with van der Waals surface area (Å²) in [5, 5.41) is 0. The van der Waals surface area contributed by atoms with E-state index < -0.39 is 0 Å². The van der Waals surface area contributed by atoms with E-state index in [-0.39, 0.29) is 5.97 Å². The summed E-state index contributed by atoms with van der Waals surface area (Å²) in [5.74, 6) is 0.994. The van der Waals surface area contributed by atoms with E-state index in [1.807, 2.05) is 18.2 Å². The molecule has 1 atom stereocenters. The standard InChI is InChI=1S/C22H28O3/c1-3-5-9-19(16-18-10-7-6-8-11-18)17-25-21-14-12-20(13-15-21)22(23)24-4-2/h6-8,10-15,19H,3-5,9,16-17H2,1-2H3/t19-/m1/s1. The van der Waals surface area contributed by atoms with Gasteiger partial charge in [0.15, 0.2) is 0 Å². The summed E-state index contributed by atoms with van der Waals surface area (Å²) in [7, 11) is 0. The summed E-state index contributed by atoms with van der Waals surface area (Å²) in [5.41, 5.74) is 1.91. The molecule has 3 heteroatoms. The molecule has 0 fully saturated rings. The van der Waals surface area contributed by atoms with E-state index in [0.717, 1.165) is 18.6 Å². The lowest BCUT2D eigenvalue weighted by atomic mass is 9.95. The molecule has 0 aliphatic rings. The lowest BCUT2D eigenvalue weighted by Crippen LogP contribution is -2.15. The molecule has 0 aliphatic carbocycles. The van der Waals surface area contributed by atoms with E-state index in [1.165, 1.54) is 18.4 Å². The summed E-state index contributed by atoms with van der Waals surface area (Å²) < 4.78 is 11.0. The molecule has 3 nitrogen and oxygen atoms in total. The Morgan fingerprint density at radius 3 is 2.36 bits per heavy atom. The molecule has 0 saturated heterocycles. The molecule has 0 spiro atoms. The predicted octanol–water partition coefficient (Wildman–Crippen LogP) is 5.29. The summed E-state index contributed by atoms with van der Waals surface area (Å²) in [4.78, 5) is 11.7. The Labute approximate surface area is 151 Å². The molecule has 0 saturated carbocycles. The van der Waals surface area contributed by atoms with Crippen molar-refractivity contribution in [3.63, 3.8) is 0 Å². The van der Waals surface area contributed by atoms with Gasteiger partial charge in [0, 0.05) is 0 Å². The van der Waals surface area contributed by atoms with Crippen LogP contribution in [0, 0.1) is 5.92 Å². The van der Waals surface area contributed by atoms with Gasteiger partial charge in [0.1, 0.15) is 5.75 Å². The molecular weight excluding hydrogens is 312 g/mol. The van der Waals surface area contributed by atoms with E-state index >= 15 is 0 Å². The molecule has 0 amide bonds. The van der Waals surface area contributed by atoms with Crippen LogP contribution in [-0.2, 0) is 11.2 Å². The summed E-state index contributed by atoms with van der Waals surface area (Å²) in [6, 6.07) is 17.8. The zero-order chi connectivity index (χ0) is 17.9. The van der Waals surface area contributed by atoms with E-state index in [2.05, 4.69) is 31.2 Å². The van der Waals surface area contributed by atoms with Crippen LogP contribution in [-0.4, -0.2) is 19.2 Å². The van der Waals surface area contributed by atoms with Crippen molar-refractivity contribution >= 4 is 5.97 Å². The highest BCUT2D eigenvalue weighted by Gasteiger charge is 2.11. The van der Waals surface area contributed by atoms with Crippen molar-refractivity contribution in [1.29, 1.82) is 0 Å². The lowest BCUT2D eigenvalue weighted by Gasteiger charge is -2.18. The number of hydrogen-bond acceptors (Lipinski definition) is 3. The number of ether oxygens (including phenoxy) is 2. The fraction of sp³-hybridized carbons (Fsp3) is 0.409. The third kappa shape index (κ3) is 6.61. The van der Waals surface area contributed by atoms with Crippen LogP contribution < -0.4 is 4.74 Å². The van der Waals surface area contributed by atoms with Crippen molar-refractivity contribution in [3.05, 3.63) is 65.7 Å². The molecule has 2 aromatic carbocycles. The zero-order valence-corrected chi connectivity index (χ0v) is 15.2. The van der Waals surface area contributed by atoms with Crippen LogP contribution in [0.1, 0.15) is 49.0 Å². The fourth-order valence-corrected chi connectivity index (χ4v) is 2.80. The first-order valence-electron chi connectivity index (χ1n) is 9.16. The van der Waals surface area contributed by atoms with Crippen LogP contribution >= 0.6 is 0 Å². The number of carbonyl (C=O) groups is 1. The minimum Gasteiger partial charge on any atom is -0.493 e. The van der Waals surface area contributed by atoms with Crippen molar-refractivity contribution < 1.29 is 14.3 Å². The Kier molecular flexibility index (Phi) is 8.03. The van der Waals surface area contributed by atoms with Gasteiger partial charge in [0.05, 0.1) is 18.8 Å². The summed E-state index contributed by atoms with van der Waals surface area (Å²) in [6.07, 6.45) is 4.59. The second-order valence-corrected chi connectivity index (χ2v) is 6.25. The van der Waals surface area contributed by atoms with Gasteiger partial charge in [-0.1, -0.05) is 50.1 Å². The van der Waals surface area contributed by atoms with Gasteiger partial charge in [-0.15, -0.1) is 0 Å². The topological polar surface area (TPSA) is 35.5 Å². The molecule has 0 radical (unpaired) electrons. The largest absolute Gasteiger partial charge is 0.493 e. The molecule has 25 heavy (non-hydrogen) atoms. The van der Waals surface area contributed by atoms with Gasteiger partial charge in [-0.2, -0.15) is 0 Å². The monoisotopic (exact) mass is 340 g/mol. The van der Waals surface area contributed by atoms with E-state index in [1.54, 1.807) is 19.1 Å². The van der Waals surface area contributed by atoms with E-state index in [4.69, 9.17) is 9.47 Å². The molecule has 2 rings (SSSR count). The quantitative estimate of drug-likeness (QED) is 0.551. The van der Waals surface area contributed by atoms with E-state index in [9.17, 15) is 4.79 Å². The number of benzene rings is 2. The summed E-state index contributed by atoms with van der Waals surface area (Å²) >= 11 is 0. The Bertz CT molecular complexity index is 619. The normalized spacial score (nSPS) is 11.8. The third-order valence-corrected chi connectivity index (χ3v) is 4.18. The maximum absolute atomic E-state index is 11.7. The van der Waals surface area contributed by atoms with Gasteiger partial charge in [-0.25, -0.2) is 4.79 Å². The van der Waals surface area contributed by atoms with Crippen molar-refractivity contribution in [2.24, 2.45) is 5.92 Å². The molecule has 0 N–H and O–H groups in total. The average molecular weight is 340 g/mol. The minimum atomic E-state index is -0.293. The van der Waals surface area contributed by atoms with Crippen LogP contribution in [0.5, 0.6) is 5.75 Å². The molecule has 0 unspecified atom stereocenters. The third-order valence-electron chi connectivity index (χ3n) is 4.18. The predicted molar refractivity (Wildman–Crippen MR) is 101 cm³/mol. The van der Waals surface area contributed by atoms with E-state index in [0.29, 0.717) is 24.7 Å². The highest BCUT2D eigenvalue weighted by atomic mass is 16.5. The zero-order valence-electron chi connectivity index (χ0n) is 15.2. The van der Waals surface area contributed by atoms with Crippen molar-refractivity contribution in [3.8, 4) is 5.75 Å².